The standard InChI is InChI=1S/C16H23N3O/c1-3-4-5-6-9-12(2)17-16-18-14-11-8-7-10-13(14)15(20)19-16/h7-8,10-12H,3-6,9H2,1-2H3,(H2,17,18,19,20). The summed E-state index contributed by atoms with van der Waals surface area (Å²) in [6.45, 7) is 4.34. The molecular weight excluding hydrogens is 250 g/mol. The lowest BCUT2D eigenvalue weighted by Gasteiger charge is -2.14. The van der Waals surface area contributed by atoms with Gasteiger partial charge in [0.15, 0.2) is 0 Å². The topological polar surface area (TPSA) is 57.8 Å². The quantitative estimate of drug-likeness (QED) is 0.756. The number of hydrogen-bond donors (Lipinski definition) is 2. The number of aromatic amines is 1. The number of nitrogens with zero attached hydrogens (tertiary/aromatic N) is 1. The molecule has 1 aromatic heterocycles. The van der Waals surface area contributed by atoms with Crippen LogP contribution in [-0.2, 0) is 0 Å². The predicted octanol–water partition coefficient (Wildman–Crippen LogP) is 3.69. The molecule has 108 valence electrons. The van der Waals surface area contributed by atoms with Gasteiger partial charge >= 0.3 is 0 Å². The van der Waals surface area contributed by atoms with Gasteiger partial charge in [0.25, 0.3) is 5.56 Å². The molecular formula is C16H23N3O. The summed E-state index contributed by atoms with van der Waals surface area (Å²) in [5, 5.41) is 3.92. The van der Waals surface area contributed by atoms with E-state index in [1.807, 2.05) is 18.2 Å². The lowest BCUT2D eigenvalue weighted by Crippen LogP contribution is -2.20. The molecule has 0 aliphatic carbocycles. The Bertz CT molecular complexity index is 606. The first kappa shape index (κ1) is 14.6. The largest absolute Gasteiger partial charge is 0.353 e. The highest BCUT2D eigenvalue weighted by Crippen LogP contribution is 2.11. The molecule has 0 aliphatic heterocycles. The van der Waals surface area contributed by atoms with Crippen LogP contribution in [0, 0.1) is 0 Å². The average Bonchev–Trinajstić information content (AvgIpc) is 2.44. The van der Waals surface area contributed by atoms with Crippen LogP contribution in [-0.4, -0.2) is 16.0 Å². The summed E-state index contributed by atoms with van der Waals surface area (Å²) in [7, 11) is 0. The summed E-state index contributed by atoms with van der Waals surface area (Å²) in [5.41, 5.74) is 0.646. The number of hydrogen-bond acceptors (Lipinski definition) is 3. The van der Waals surface area contributed by atoms with Crippen molar-refractivity contribution in [3.8, 4) is 0 Å². The second kappa shape index (κ2) is 7.08. The maximum atomic E-state index is 11.9. The Labute approximate surface area is 119 Å². The number of nitrogens with one attached hydrogen (secondary N) is 2. The summed E-state index contributed by atoms with van der Waals surface area (Å²) in [5.74, 6) is 0.566. The van der Waals surface area contributed by atoms with E-state index in [0.717, 1.165) is 11.9 Å². The zero-order chi connectivity index (χ0) is 14.4. The van der Waals surface area contributed by atoms with Gasteiger partial charge in [0.1, 0.15) is 0 Å². The molecule has 1 atom stereocenters. The molecule has 0 aliphatic rings. The van der Waals surface area contributed by atoms with Crippen LogP contribution in [0.2, 0.25) is 0 Å². The van der Waals surface area contributed by atoms with Gasteiger partial charge in [-0.2, -0.15) is 0 Å². The summed E-state index contributed by atoms with van der Waals surface area (Å²) in [6.07, 6.45) is 6.11. The Kier molecular flexibility index (Phi) is 5.16. The highest BCUT2D eigenvalue weighted by atomic mass is 16.1. The normalized spacial score (nSPS) is 12.5. The molecule has 2 N–H and O–H groups in total. The van der Waals surface area contributed by atoms with Gasteiger partial charge in [-0.05, 0) is 25.5 Å². The second-order valence-corrected chi connectivity index (χ2v) is 5.33. The molecule has 2 aromatic rings. The van der Waals surface area contributed by atoms with Crippen LogP contribution in [0.5, 0.6) is 0 Å². The van der Waals surface area contributed by atoms with E-state index in [1.165, 1.54) is 25.7 Å². The molecule has 2 rings (SSSR count). The van der Waals surface area contributed by atoms with Crippen LogP contribution in [0.4, 0.5) is 5.95 Å². The van der Waals surface area contributed by atoms with Crippen LogP contribution in [0.25, 0.3) is 10.9 Å². The predicted molar refractivity (Wildman–Crippen MR) is 84.2 cm³/mol. The maximum absolute atomic E-state index is 11.9. The minimum Gasteiger partial charge on any atom is -0.353 e. The van der Waals surface area contributed by atoms with Gasteiger partial charge in [-0.3, -0.25) is 9.78 Å². The van der Waals surface area contributed by atoms with Crippen molar-refractivity contribution in [3.63, 3.8) is 0 Å². The van der Waals surface area contributed by atoms with Crippen molar-refractivity contribution in [3.05, 3.63) is 34.6 Å². The Morgan fingerprint density at radius 1 is 1.25 bits per heavy atom. The van der Waals surface area contributed by atoms with Crippen LogP contribution >= 0.6 is 0 Å². The third kappa shape index (κ3) is 3.83. The van der Waals surface area contributed by atoms with E-state index in [-0.39, 0.29) is 5.56 Å². The Morgan fingerprint density at radius 2 is 2.05 bits per heavy atom. The van der Waals surface area contributed by atoms with Crippen molar-refractivity contribution in [1.82, 2.24) is 9.97 Å². The van der Waals surface area contributed by atoms with Gasteiger partial charge in [-0.1, -0.05) is 44.7 Å². The zero-order valence-electron chi connectivity index (χ0n) is 12.3. The van der Waals surface area contributed by atoms with Crippen molar-refractivity contribution < 1.29 is 0 Å². The summed E-state index contributed by atoms with van der Waals surface area (Å²) < 4.78 is 0. The van der Waals surface area contributed by atoms with Crippen LogP contribution < -0.4 is 10.9 Å². The van der Waals surface area contributed by atoms with Crippen LogP contribution in [0.1, 0.15) is 46.0 Å². The fourth-order valence-corrected chi connectivity index (χ4v) is 2.34. The number of fused-ring (bicyclic) bond motifs is 1. The fourth-order valence-electron chi connectivity index (χ4n) is 2.34. The molecule has 20 heavy (non-hydrogen) atoms. The van der Waals surface area contributed by atoms with Crippen molar-refractivity contribution in [2.75, 3.05) is 5.32 Å². The molecule has 1 heterocycles. The number of para-hydroxylation sites is 1. The SMILES string of the molecule is CCCCCCC(C)Nc1nc2ccccc2c(=O)[nH]1. The van der Waals surface area contributed by atoms with E-state index in [1.54, 1.807) is 6.07 Å². The Morgan fingerprint density at radius 3 is 2.85 bits per heavy atom. The molecule has 0 spiro atoms. The molecule has 1 unspecified atom stereocenters. The number of unbranched alkanes of at least 4 members (excludes halogenated alkanes) is 3. The van der Waals surface area contributed by atoms with Gasteiger partial charge in [-0.15, -0.1) is 0 Å². The lowest BCUT2D eigenvalue weighted by molar-refractivity contribution is 0.592. The number of H-pyrrole nitrogens is 1. The Hall–Kier alpha value is -1.84. The average molecular weight is 273 g/mol. The Balaban J connectivity index is 2.01. The third-order valence-corrected chi connectivity index (χ3v) is 3.49. The lowest BCUT2D eigenvalue weighted by atomic mass is 10.1. The van der Waals surface area contributed by atoms with Crippen LogP contribution in [0.15, 0.2) is 29.1 Å². The van der Waals surface area contributed by atoms with E-state index in [4.69, 9.17) is 0 Å². The van der Waals surface area contributed by atoms with Gasteiger partial charge in [0.05, 0.1) is 10.9 Å². The minimum absolute atomic E-state index is 0.0868. The maximum Gasteiger partial charge on any atom is 0.260 e. The molecule has 0 amide bonds. The van der Waals surface area contributed by atoms with E-state index >= 15 is 0 Å². The first-order chi connectivity index (χ1) is 9.70. The van der Waals surface area contributed by atoms with Crippen molar-refractivity contribution in [2.45, 2.75) is 52.0 Å². The molecule has 0 fully saturated rings. The molecule has 4 nitrogen and oxygen atoms in total. The summed E-state index contributed by atoms with van der Waals surface area (Å²) in [6, 6.07) is 7.71. The number of anilines is 1. The molecule has 0 radical (unpaired) electrons. The van der Waals surface area contributed by atoms with E-state index in [9.17, 15) is 4.79 Å². The second-order valence-electron chi connectivity index (χ2n) is 5.33. The molecule has 1 aromatic carbocycles. The summed E-state index contributed by atoms with van der Waals surface area (Å²) >= 11 is 0. The van der Waals surface area contributed by atoms with Gasteiger partial charge in [0, 0.05) is 6.04 Å². The van der Waals surface area contributed by atoms with Crippen LogP contribution in [0.3, 0.4) is 0 Å². The minimum atomic E-state index is -0.0868. The highest BCUT2D eigenvalue weighted by molar-refractivity contribution is 5.78. The van der Waals surface area contributed by atoms with E-state index in [0.29, 0.717) is 17.4 Å². The first-order valence-electron chi connectivity index (χ1n) is 7.46. The monoisotopic (exact) mass is 273 g/mol. The molecule has 4 heteroatoms. The number of aromatic nitrogens is 2. The number of benzene rings is 1. The van der Waals surface area contributed by atoms with Gasteiger partial charge in [-0.25, -0.2) is 4.98 Å². The van der Waals surface area contributed by atoms with E-state index < -0.39 is 0 Å². The third-order valence-electron chi connectivity index (χ3n) is 3.49. The van der Waals surface area contributed by atoms with Crippen molar-refractivity contribution >= 4 is 16.9 Å². The first-order valence-corrected chi connectivity index (χ1v) is 7.46. The van der Waals surface area contributed by atoms with Crippen molar-refractivity contribution in [2.24, 2.45) is 0 Å². The van der Waals surface area contributed by atoms with Gasteiger partial charge in [0.2, 0.25) is 5.95 Å². The summed E-state index contributed by atoms with van der Waals surface area (Å²) in [4.78, 5) is 19.2. The van der Waals surface area contributed by atoms with E-state index in [2.05, 4.69) is 29.1 Å². The van der Waals surface area contributed by atoms with Gasteiger partial charge < -0.3 is 5.32 Å². The molecule has 0 bridgehead atoms. The zero-order valence-corrected chi connectivity index (χ0v) is 12.3. The molecule has 0 saturated heterocycles. The number of rotatable bonds is 7. The molecule has 0 saturated carbocycles. The van der Waals surface area contributed by atoms with Crippen molar-refractivity contribution in [1.29, 1.82) is 0 Å². The smallest absolute Gasteiger partial charge is 0.260 e. The highest BCUT2D eigenvalue weighted by Gasteiger charge is 2.06. The fraction of sp³-hybridized carbons (Fsp3) is 0.500.